The number of rotatable bonds is 6. The van der Waals surface area contributed by atoms with Gasteiger partial charge in [0, 0.05) is 32.1 Å². The fourth-order valence-corrected chi connectivity index (χ4v) is 4.32. The Hall–Kier alpha value is -0.700. The van der Waals surface area contributed by atoms with Gasteiger partial charge >= 0.3 is 0 Å². The second-order valence-electron chi connectivity index (χ2n) is 6.48. The van der Waals surface area contributed by atoms with Crippen LogP contribution in [0.3, 0.4) is 0 Å². The standard InChI is InChI=1S/C15H29N3O4S/c1-13(2)22-11-12-23(20,21)18-9-7-17(8-10-18)15(19)14-3-5-16-6-4-14/h13-14,16H,3-12H2,1-2H3. The van der Waals surface area contributed by atoms with Crippen LogP contribution in [-0.2, 0) is 19.6 Å². The molecule has 0 aliphatic carbocycles. The van der Waals surface area contributed by atoms with Crippen LogP contribution >= 0.6 is 0 Å². The van der Waals surface area contributed by atoms with Crippen LogP contribution < -0.4 is 5.32 Å². The fourth-order valence-electron chi connectivity index (χ4n) is 3.03. The molecule has 23 heavy (non-hydrogen) atoms. The van der Waals surface area contributed by atoms with E-state index in [0.717, 1.165) is 25.9 Å². The number of amides is 1. The number of nitrogens with one attached hydrogen (secondary N) is 1. The van der Waals surface area contributed by atoms with Gasteiger partial charge in [0.05, 0.1) is 18.5 Å². The van der Waals surface area contributed by atoms with Crippen LogP contribution in [-0.4, -0.2) is 81.3 Å². The van der Waals surface area contributed by atoms with E-state index in [0.29, 0.717) is 26.2 Å². The van der Waals surface area contributed by atoms with Gasteiger partial charge in [-0.25, -0.2) is 8.42 Å². The Bertz CT molecular complexity index is 481. The maximum atomic E-state index is 12.5. The van der Waals surface area contributed by atoms with Crippen molar-refractivity contribution in [3.8, 4) is 0 Å². The molecular formula is C15H29N3O4S. The summed E-state index contributed by atoms with van der Waals surface area (Å²) in [6.07, 6.45) is 1.79. The number of ether oxygens (including phenoxy) is 1. The number of hydrogen-bond acceptors (Lipinski definition) is 5. The van der Waals surface area contributed by atoms with Gasteiger partial charge < -0.3 is 15.0 Å². The number of sulfonamides is 1. The van der Waals surface area contributed by atoms with Crippen molar-refractivity contribution >= 4 is 15.9 Å². The van der Waals surface area contributed by atoms with E-state index in [-0.39, 0.29) is 30.3 Å². The smallest absolute Gasteiger partial charge is 0.225 e. The first-order valence-electron chi connectivity index (χ1n) is 8.49. The molecule has 8 heteroatoms. The lowest BCUT2D eigenvalue weighted by Crippen LogP contribution is -2.53. The Kier molecular flexibility index (Phi) is 6.82. The van der Waals surface area contributed by atoms with Crippen LogP contribution in [0.25, 0.3) is 0 Å². The average molecular weight is 347 g/mol. The molecule has 0 aromatic carbocycles. The predicted octanol–water partition coefficient (Wildman–Crippen LogP) is -0.115. The molecule has 0 bridgehead atoms. The van der Waals surface area contributed by atoms with Crippen molar-refractivity contribution in [1.82, 2.24) is 14.5 Å². The minimum absolute atomic E-state index is 0.00736. The van der Waals surface area contributed by atoms with E-state index in [1.54, 1.807) is 0 Å². The lowest BCUT2D eigenvalue weighted by Gasteiger charge is -2.36. The van der Waals surface area contributed by atoms with E-state index in [9.17, 15) is 13.2 Å². The third-order valence-electron chi connectivity index (χ3n) is 4.42. The van der Waals surface area contributed by atoms with Gasteiger partial charge in [-0.15, -0.1) is 0 Å². The highest BCUT2D eigenvalue weighted by Crippen LogP contribution is 2.17. The first-order valence-corrected chi connectivity index (χ1v) is 10.1. The summed E-state index contributed by atoms with van der Waals surface area (Å²) in [5.74, 6) is 0.290. The molecule has 1 amide bonds. The summed E-state index contributed by atoms with van der Waals surface area (Å²) < 4.78 is 31.4. The third kappa shape index (κ3) is 5.41. The first kappa shape index (κ1) is 18.6. The molecule has 2 fully saturated rings. The van der Waals surface area contributed by atoms with Crippen LogP contribution in [0.1, 0.15) is 26.7 Å². The molecule has 134 valence electrons. The zero-order chi connectivity index (χ0) is 16.9. The van der Waals surface area contributed by atoms with Gasteiger partial charge in [0.1, 0.15) is 0 Å². The Morgan fingerprint density at radius 3 is 2.35 bits per heavy atom. The molecule has 0 saturated carbocycles. The molecule has 2 heterocycles. The minimum Gasteiger partial charge on any atom is -0.378 e. The van der Waals surface area contributed by atoms with Crippen molar-refractivity contribution in [3.63, 3.8) is 0 Å². The average Bonchev–Trinajstić information content (AvgIpc) is 2.54. The van der Waals surface area contributed by atoms with Gasteiger partial charge in [0.15, 0.2) is 0 Å². The predicted molar refractivity (Wildman–Crippen MR) is 88.6 cm³/mol. The zero-order valence-corrected chi connectivity index (χ0v) is 15.0. The first-order chi connectivity index (χ1) is 10.9. The fraction of sp³-hybridized carbons (Fsp3) is 0.933. The van der Waals surface area contributed by atoms with E-state index >= 15 is 0 Å². The molecule has 0 atom stereocenters. The maximum Gasteiger partial charge on any atom is 0.225 e. The SMILES string of the molecule is CC(C)OCCS(=O)(=O)N1CCN(C(=O)C2CCNCC2)CC1. The summed E-state index contributed by atoms with van der Waals surface area (Å²) in [4.78, 5) is 14.3. The summed E-state index contributed by atoms with van der Waals surface area (Å²) in [6, 6.07) is 0. The molecule has 0 aromatic rings. The van der Waals surface area contributed by atoms with Gasteiger partial charge in [0.25, 0.3) is 0 Å². The van der Waals surface area contributed by atoms with Crippen LogP contribution in [0.5, 0.6) is 0 Å². The third-order valence-corrected chi connectivity index (χ3v) is 6.26. The highest BCUT2D eigenvalue weighted by atomic mass is 32.2. The molecular weight excluding hydrogens is 318 g/mol. The highest BCUT2D eigenvalue weighted by molar-refractivity contribution is 7.89. The lowest BCUT2D eigenvalue weighted by atomic mass is 9.96. The van der Waals surface area contributed by atoms with E-state index in [4.69, 9.17) is 4.74 Å². The monoisotopic (exact) mass is 347 g/mol. The molecule has 0 aromatic heterocycles. The van der Waals surface area contributed by atoms with Crippen molar-refractivity contribution in [2.24, 2.45) is 5.92 Å². The zero-order valence-electron chi connectivity index (χ0n) is 14.2. The number of hydrogen-bond donors (Lipinski definition) is 1. The van der Waals surface area contributed by atoms with E-state index in [1.807, 2.05) is 18.7 Å². The van der Waals surface area contributed by atoms with Crippen molar-refractivity contribution in [2.45, 2.75) is 32.8 Å². The van der Waals surface area contributed by atoms with Crippen LogP contribution in [0.2, 0.25) is 0 Å². The van der Waals surface area contributed by atoms with Crippen LogP contribution in [0.4, 0.5) is 0 Å². The molecule has 2 rings (SSSR count). The summed E-state index contributed by atoms with van der Waals surface area (Å²) in [5.41, 5.74) is 0. The van der Waals surface area contributed by atoms with Crippen molar-refractivity contribution in [2.75, 3.05) is 51.6 Å². The van der Waals surface area contributed by atoms with Gasteiger partial charge in [-0.2, -0.15) is 4.31 Å². The molecule has 0 radical (unpaired) electrons. The largest absolute Gasteiger partial charge is 0.378 e. The summed E-state index contributed by atoms with van der Waals surface area (Å²) in [6.45, 7) is 7.53. The van der Waals surface area contributed by atoms with Gasteiger partial charge in [-0.05, 0) is 39.8 Å². The Labute approximate surface area is 139 Å². The minimum atomic E-state index is -3.29. The molecule has 0 unspecified atom stereocenters. The molecule has 2 aliphatic heterocycles. The Morgan fingerprint density at radius 2 is 1.78 bits per heavy atom. The second kappa shape index (κ2) is 8.41. The van der Waals surface area contributed by atoms with Gasteiger partial charge in [-0.1, -0.05) is 0 Å². The molecule has 0 spiro atoms. The maximum absolute atomic E-state index is 12.5. The second-order valence-corrected chi connectivity index (χ2v) is 8.57. The van der Waals surface area contributed by atoms with E-state index in [1.165, 1.54) is 4.31 Å². The van der Waals surface area contributed by atoms with E-state index in [2.05, 4.69) is 5.32 Å². The molecule has 2 saturated heterocycles. The number of piperidine rings is 1. The summed E-state index contributed by atoms with van der Waals surface area (Å²) in [7, 11) is -3.29. The molecule has 7 nitrogen and oxygen atoms in total. The number of nitrogens with zero attached hydrogens (tertiary/aromatic N) is 2. The van der Waals surface area contributed by atoms with E-state index < -0.39 is 10.0 Å². The van der Waals surface area contributed by atoms with Crippen molar-refractivity contribution < 1.29 is 17.9 Å². The Balaban J connectivity index is 1.79. The number of carbonyl (C=O) groups excluding carboxylic acids is 1. The van der Waals surface area contributed by atoms with Crippen molar-refractivity contribution in [3.05, 3.63) is 0 Å². The van der Waals surface area contributed by atoms with Gasteiger partial charge in [0.2, 0.25) is 15.9 Å². The van der Waals surface area contributed by atoms with Crippen molar-refractivity contribution in [1.29, 1.82) is 0 Å². The lowest BCUT2D eigenvalue weighted by molar-refractivity contribution is -0.137. The summed E-state index contributed by atoms with van der Waals surface area (Å²) >= 11 is 0. The van der Waals surface area contributed by atoms with Crippen LogP contribution in [0.15, 0.2) is 0 Å². The number of piperazine rings is 1. The molecule has 2 aliphatic rings. The topological polar surface area (TPSA) is 79.0 Å². The quantitative estimate of drug-likeness (QED) is 0.725. The normalized spacial score (nSPS) is 21.8. The number of carbonyl (C=O) groups is 1. The van der Waals surface area contributed by atoms with Gasteiger partial charge in [-0.3, -0.25) is 4.79 Å². The summed E-state index contributed by atoms with van der Waals surface area (Å²) in [5, 5.41) is 3.26. The Morgan fingerprint density at radius 1 is 1.17 bits per heavy atom. The highest BCUT2D eigenvalue weighted by Gasteiger charge is 2.31. The molecule has 1 N–H and O–H groups in total. The van der Waals surface area contributed by atoms with Crippen LogP contribution in [0, 0.1) is 5.92 Å².